The predicted octanol–water partition coefficient (Wildman–Crippen LogP) is -1.26. The summed E-state index contributed by atoms with van der Waals surface area (Å²) < 4.78 is 49.5. The fraction of sp³-hybridized carbons (Fsp3) is 0.455. The average molecular weight is 273 g/mol. The van der Waals surface area contributed by atoms with Crippen LogP contribution in [-0.4, -0.2) is 36.5 Å². The van der Waals surface area contributed by atoms with Gasteiger partial charge in [-0.2, -0.15) is 13.2 Å². The van der Waals surface area contributed by atoms with Crippen LogP contribution in [-0.2, 0) is 12.6 Å². The van der Waals surface area contributed by atoms with Crippen LogP contribution >= 0.6 is 0 Å². The van der Waals surface area contributed by atoms with E-state index in [4.69, 9.17) is 15.2 Å². The van der Waals surface area contributed by atoms with Crippen LogP contribution in [0.3, 0.4) is 0 Å². The lowest BCUT2D eigenvalue weighted by atomic mass is 9.77. The number of alkyl halides is 3. The SMILES string of the molecule is Bc1c(CCN)c(OC)c(B)c(C(F)(F)F)c1OC. The van der Waals surface area contributed by atoms with Gasteiger partial charge in [-0.3, -0.25) is 0 Å². The number of rotatable bonds is 4. The van der Waals surface area contributed by atoms with Crippen molar-refractivity contribution in [3.63, 3.8) is 0 Å². The monoisotopic (exact) mass is 273 g/mol. The number of halogens is 3. The van der Waals surface area contributed by atoms with Gasteiger partial charge in [-0.25, -0.2) is 0 Å². The Morgan fingerprint density at radius 1 is 1.05 bits per heavy atom. The number of hydrogen-bond donors (Lipinski definition) is 1. The van der Waals surface area contributed by atoms with Gasteiger partial charge in [-0.05, 0) is 29.5 Å². The van der Waals surface area contributed by atoms with Crippen molar-refractivity contribution in [1.82, 2.24) is 0 Å². The lowest BCUT2D eigenvalue weighted by Crippen LogP contribution is -2.31. The van der Waals surface area contributed by atoms with E-state index in [1.807, 2.05) is 0 Å². The second-order valence-electron chi connectivity index (χ2n) is 4.21. The highest BCUT2D eigenvalue weighted by atomic mass is 19.4. The quantitative estimate of drug-likeness (QED) is 0.696. The third-order valence-electron chi connectivity index (χ3n) is 3.10. The Hall–Kier alpha value is -1.30. The molecular formula is C11H16B2F3NO2. The number of ether oxygens (including phenoxy) is 2. The molecule has 0 aliphatic rings. The number of methoxy groups -OCH3 is 2. The van der Waals surface area contributed by atoms with E-state index in [1.54, 1.807) is 7.85 Å². The Bertz CT molecular complexity index is 478. The minimum atomic E-state index is -4.49. The van der Waals surface area contributed by atoms with Gasteiger partial charge in [0.2, 0.25) is 0 Å². The number of benzene rings is 1. The van der Waals surface area contributed by atoms with Gasteiger partial charge in [0.05, 0.1) is 19.8 Å². The lowest BCUT2D eigenvalue weighted by molar-refractivity contribution is -0.137. The van der Waals surface area contributed by atoms with Gasteiger partial charge in [0, 0.05) is 0 Å². The molecule has 104 valence electrons. The third-order valence-corrected chi connectivity index (χ3v) is 3.10. The van der Waals surface area contributed by atoms with Gasteiger partial charge in [-0.1, -0.05) is 0 Å². The molecule has 0 aliphatic heterocycles. The molecule has 0 atom stereocenters. The van der Waals surface area contributed by atoms with Crippen molar-refractivity contribution < 1.29 is 22.6 Å². The van der Waals surface area contributed by atoms with Crippen molar-refractivity contribution in [3.8, 4) is 11.5 Å². The zero-order valence-electron chi connectivity index (χ0n) is 11.4. The van der Waals surface area contributed by atoms with Crippen molar-refractivity contribution in [2.75, 3.05) is 20.8 Å². The molecule has 8 heteroatoms. The Balaban J connectivity index is 3.72. The molecule has 1 rings (SSSR count). The summed E-state index contributed by atoms with van der Waals surface area (Å²) in [4.78, 5) is 0. The van der Waals surface area contributed by atoms with Crippen molar-refractivity contribution >= 4 is 26.6 Å². The maximum Gasteiger partial charge on any atom is 0.419 e. The van der Waals surface area contributed by atoms with Gasteiger partial charge in [0.15, 0.2) is 0 Å². The molecule has 0 amide bonds. The Labute approximate surface area is 112 Å². The van der Waals surface area contributed by atoms with Gasteiger partial charge in [-0.15, -0.1) is 0 Å². The van der Waals surface area contributed by atoms with Crippen molar-refractivity contribution in [2.45, 2.75) is 12.6 Å². The van der Waals surface area contributed by atoms with Crippen LogP contribution in [0.15, 0.2) is 0 Å². The molecule has 0 bridgehead atoms. The Morgan fingerprint density at radius 3 is 1.95 bits per heavy atom. The molecule has 1 aromatic rings. The maximum absolute atomic E-state index is 13.1. The van der Waals surface area contributed by atoms with E-state index >= 15 is 0 Å². The van der Waals surface area contributed by atoms with Crippen LogP contribution in [0.1, 0.15) is 11.1 Å². The van der Waals surface area contributed by atoms with Gasteiger partial charge >= 0.3 is 6.18 Å². The molecule has 0 radical (unpaired) electrons. The molecule has 1 aromatic carbocycles. The molecule has 0 fully saturated rings. The van der Waals surface area contributed by atoms with Crippen LogP contribution in [0.25, 0.3) is 0 Å². The summed E-state index contributed by atoms with van der Waals surface area (Å²) in [5, 5.41) is 0. The van der Waals surface area contributed by atoms with E-state index in [2.05, 4.69) is 0 Å². The zero-order valence-corrected chi connectivity index (χ0v) is 11.4. The van der Waals surface area contributed by atoms with Crippen LogP contribution in [0.2, 0.25) is 0 Å². The first kappa shape index (κ1) is 15.8. The van der Waals surface area contributed by atoms with Crippen LogP contribution in [0.4, 0.5) is 13.2 Å². The topological polar surface area (TPSA) is 44.5 Å². The van der Waals surface area contributed by atoms with Crippen molar-refractivity contribution in [3.05, 3.63) is 11.1 Å². The molecule has 0 heterocycles. The fourth-order valence-corrected chi connectivity index (χ4v) is 2.32. The lowest BCUT2D eigenvalue weighted by Gasteiger charge is -2.23. The summed E-state index contributed by atoms with van der Waals surface area (Å²) in [7, 11) is 5.55. The maximum atomic E-state index is 13.1. The first-order chi connectivity index (χ1) is 8.79. The highest BCUT2D eigenvalue weighted by molar-refractivity contribution is 6.40. The fourth-order valence-electron chi connectivity index (χ4n) is 2.32. The molecular weight excluding hydrogens is 257 g/mol. The molecule has 0 spiro atoms. The average Bonchev–Trinajstić information content (AvgIpc) is 2.31. The van der Waals surface area contributed by atoms with Gasteiger partial charge < -0.3 is 15.2 Å². The van der Waals surface area contributed by atoms with E-state index in [0.717, 1.165) is 0 Å². The second-order valence-corrected chi connectivity index (χ2v) is 4.21. The van der Waals surface area contributed by atoms with E-state index in [1.165, 1.54) is 22.1 Å². The molecule has 0 aliphatic carbocycles. The van der Waals surface area contributed by atoms with E-state index in [0.29, 0.717) is 24.0 Å². The van der Waals surface area contributed by atoms with E-state index in [9.17, 15) is 13.2 Å². The summed E-state index contributed by atoms with van der Waals surface area (Å²) in [6.07, 6.45) is -4.06. The van der Waals surface area contributed by atoms with Crippen LogP contribution in [0, 0.1) is 0 Å². The summed E-state index contributed by atoms with van der Waals surface area (Å²) in [5.74, 6) is 0.0744. The second kappa shape index (κ2) is 5.77. The molecule has 0 unspecified atom stereocenters. The Morgan fingerprint density at radius 2 is 1.58 bits per heavy atom. The minimum Gasteiger partial charge on any atom is -0.497 e. The van der Waals surface area contributed by atoms with Gasteiger partial charge in [0.25, 0.3) is 0 Å². The number of hydrogen-bond acceptors (Lipinski definition) is 3. The van der Waals surface area contributed by atoms with Crippen LogP contribution in [0.5, 0.6) is 11.5 Å². The smallest absolute Gasteiger partial charge is 0.419 e. The highest BCUT2D eigenvalue weighted by Gasteiger charge is 2.38. The summed E-state index contributed by atoms with van der Waals surface area (Å²) in [6.45, 7) is 0.325. The van der Waals surface area contributed by atoms with Crippen molar-refractivity contribution in [2.24, 2.45) is 5.73 Å². The zero-order chi connectivity index (χ0) is 14.8. The standard InChI is InChI=1S/C11H16B2F3NO2/c1-18-9-5(3-4-17)7(12)10(19-2)6(8(9)13)11(14,15)16/h3-4,12-13,17H2,1-2H3. The Kier molecular flexibility index (Phi) is 4.79. The molecule has 19 heavy (non-hydrogen) atoms. The van der Waals surface area contributed by atoms with E-state index in [-0.39, 0.29) is 17.0 Å². The largest absolute Gasteiger partial charge is 0.497 e. The molecule has 0 aromatic heterocycles. The summed E-state index contributed by atoms with van der Waals surface area (Å²) in [6, 6.07) is 0. The summed E-state index contributed by atoms with van der Waals surface area (Å²) >= 11 is 0. The molecule has 0 saturated carbocycles. The van der Waals surface area contributed by atoms with Crippen molar-refractivity contribution in [1.29, 1.82) is 0 Å². The normalized spacial score (nSPS) is 11.5. The predicted molar refractivity (Wildman–Crippen MR) is 73.7 cm³/mol. The number of nitrogens with two attached hydrogens (primary N) is 1. The molecule has 2 N–H and O–H groups in total. The first-order valence-corrected chi connectivity index (χ1v) is 5.80. The minimum absolute atomic E-state index is 0.0286. The molecule has 3 nitrogen and oxygen atoms in total. The first-order valence-electron chi connectivity index (χ1n) is 5.80. The third kappa shape index (κ3) is 2.83. The van der Waals surface area contributed by atoms with Gasteiger partial charge in [0.1, 0.15) is 27.2 Å². The summed E-state index contributed by atoms with van der Waals surface area (Å²) in [5.41, 5.74) is 5.82. The van der Waals surface area contributed by atoms with E-state index < -0.39 is 11.7 Å². The molecule has 0 saturated heterocycles. The highest BCUT2D eigenvalue weighted by Crippen LogP contribution is 2.36. The van der Waals surface area contributed by atoms with Crippen LogP contribution < -0.4 is 26.1 Å².